The minimum Gasteiger partial charge on any atom is -0.493 e. The number of piperidine rings is 1. The maximum Gasteiger partial charge on any atom is 0.573 e. The van der Waals surface area contributed by atoms with E-state index in [2.05, 4.69) is 10.1 Å². The lowest BCUT2D eigenvalue weighted by molar-refractivity contribution is -0.274. The Hall–Kier alpha value is -3.16. The van der Waals surface area contributed by atoms with Gasteiger partial charge in [-0.05, 0) is 73.6 Å². The number of rotatable bonds is 6. The van der Waals surface area contributed by atoms with Crippen LogP contribution in [-0.4, -0.2) is 32.0 Å². The number of hydrogen-bond donors (Lipinski definition) is 1. The van der Waals surface area contributed by atoms with E-state index < -0.39 is 6.36 Å². The van der Waals surface area contributed by atoms with Gasteiger partial charge in [0, 0.05) is 18.0 Å². The lowest BCUT2D eigenvalue weighted by Gasteiger charge is -2.26. The molecule has 0 aromatic heterocycles. The quantitative estimate of drug-likeness (QED) is 0.569. The standard InChI is InChI=1S/C25H26F3NO4/c1-31-22-10-9-17(14-23(22)32-20-6-2-3-7-20)19-13-18(24(30)29-15-19)11-16-5-4-8-21(12-16)33-25(26,27)28/h4-5,8-12,14,19-20H,2-3,6-7,13,15H2,1H3,(H,29,30)/t19-/m1/s1. The third-order valence-corrected chi connectivity index (χ3v) is 5.95. The molecule has 2 aromatic rings. The van der Waals surface area contributed by atoms with Gasteiger partial charge in [0.05, 0.1) is 13.2 Å². The van der Waals surface area contributed by atoms with E-state index in [0.29, 0.717) is 35.6 Å². The normalized spacial score (nSPS) is 20.5. The van der Waals surface area contributed by atoms with E-state index >= 15 is 0 Å². The van der Waals surface area contributed by atoms with Gasteiger partial charge in [-0.15, -0.1) is 13.2 Å². The molecule has 1 saturated carbocycles. The second-order valence-corrected chi connectivity index (χ2v) is 8.34. The molecule has 0 unspecified atom stereocenters. The second kappa shape index (κ2) is 9.77. The molecule has 2 aromatic carbocycles. The third kappa shape index (κ3) is 6.00. The molecule has 1 aliphatic carbocycles. The second-order valence-electron chi connectivity index (χ2n) is 8.34. The summed E-state index contributed by atoms with van der Waals surface area (Å²) in [6, 6.07) is 11.4. The number of benzene rings is 2. The highest BCUT2D eigenvalue weighted by atomic mass is 19.4. The van der Waals surface area contributed by atoms with Gasteiger partial charge in [-0.25, -0.2) is 0 Å². The van der Waals surface area contributed by atoms with Crippen molar-refractivity contribution in [3.63, 3.8) is 0 Å². The van der Waals surface area contributed by atoms with Crippen LogP contribution in [0, 0.1) is 0 Å². The number of carbonyl (C=O) groups excluding carboxylic acids is 1. The number of alkyl halides is 3. The van der Waals surface area contributed by atoms with Crippen LogP contribution in [0.3, 0.4) is 0 Å². The maximum atomic E-state index is 12.5. The first kappa shape index (κ1) is 23.0. The van der Waals surface area contributed by atoms with Crippen LogP contribution in [0.25, 0.3) is 6.08 Å². The Kier molecular flexibility index (Phi) is 6.81. The summed E-state index contributed by atoms with van der Waals surface area (Å²) in [5.74, 6) is 0.808. The Morgan fingerprint density at radius 2 is 1.85 bits per heavy atom. The van der Waals surface area contributed by atoms with Gasteiger partial charge < -0.3 is 19.5 Å². The first-order valence-corrected chi connectivity index (χ1v) is 11.0. The zero-order valence-electron chi connectivity index (χ0n) is 18.3. The molecule has 1 heterocycles. The molecule has 176 valence electrons. The fourth-order valence-electron chi connectivity index (χ4n) is 4.35. The summed E-state index contributed by atoms with van der Waals surface area (Å²) in [6.45, 7) is 0.461. The minimum atomic E-state index is -4.77. The van der Waals surface area contributed by atoms with Gasteiger partial charge in [0.2, 0.25) is 5.91 Å². The number of halogens is 3. The molecule has 5 nitrogen and oxygen atoms in total. The van der Waals surface area contributed by atoms with E-state index in [1.165, 1.54) is 18.2 Å². The van der Waals surface area contributed by atoms with Gasteiger partial charge in [0.15, 0.2) is 11.5 Å². The van der Waals surface area contributed by atoms with Crippen LogP contribution < -0.4 is 19.5 Å². The van der Waals surface area contributed by atoms with Crippen LogP contribution in [0.4, 0.5) is 13.2 Å². The minimum absolute atomic E-state index is 0.000363. The van der Waals surface area contributed by atoms with Crippen molar-refractivity contribution < 1.29 is 32.2 Å². The van der Waals surface area contributed by atoms with Crippen molar-refractivity contribution in [2.75, 3.05) is 13.7 Å². The van der Waals surface area contributed by atoms with Crippen LogP contribution in [-0.2, 0) is 4.79 Å². The average molecular weight is 461 g/mol. The largest absolute Gasteiger partial charge is 0.573 e. The number of ether oxygens (including phenoxy) is 3. The van der Waals surface area contributed by atoms with Crippen LogP contribution >= 0.6 is 0 Å². The first-order chi connectivity index (χ1) is 15.8. The molecule has 33 heavy (non-hydrogen) atoms. The smallest absolute Gasteiger partial charge is 0.493 e. The lowest BCUT2D eigenvalue weighted by atomic mass is 9.87. The molecular weight excluding hydrogens is 435 g/mol. The van der Waals surface area contributed by atoms with Crippen molar-refractivity contribution in [3.8, 4) is 17.2 Å². The van der Waals surface area contributed by atoms with Crippen molar-refractivity contribution >= 4 is 12.0 Å². The van der Waals surface area contributed by atoms with Crippen molar-refractivity contribution in [1.82, 2.24) is 5.32 Å². The summed E-state index contributed by atoms with van der Waals surface area (Å²) in [7, 11) is 1.61. The fourth-order valence-corrected chi connectivity index (χ4v) is 4.35. The molecule has 0 bridgehead atoms. The Balaban J connectivity index is 1.54. The summed E-state index contributed by atoms with van der Waals surface area (Å²) in [4.78, 5) is 12.5. The molecule has 0 spiro atoms. The van der Waals surface area contributed by atoms with Gasteiger partial charge in [0.25, 0.3) is 0 Å². The summed E-state index contributed by atoms with van der Waals surface area (Å²) in [6.07, 6.45) is 1.83. The lowest BCUT2D eigenvalue weighted by Crippen LogP contribution is -2.35. The number of nitrogens with one attached hydrogen (secondary N) is 1. The Morgan fingerprint density at radius 1 is 1.06 bits per heavy atom. The van der Waals surface area contributed by atoms with Crippen LogP contribution in [0.15, 0.2) is 48.0 Å². The van der Waals surface area contributed by atoms with Crippen molar-refractivity contribution in [2.45, 2.75) is 50.5 Å². The number of amides is 1. The molecule has 2 aliphatic rings. The van der Waals surface area contributed by atoms with Gasteiger partial charge >= 0.3 is 6.36 Å². The number of hydrogen-bond acceptors (Lipinski definition) is 4. The topological polar surface area (TPSA) is 56.8 Å². The van der Waals surface area contributed by atoms with E-state index in [9.17, 15) is 18.0 Å². The Morgan fingerprint density at radius 3 is 2.58 bits per heavy atom. The first-order valence-electron chi connectivity index (χ1n) is 11.0. The van der Waals surface area contributed by atoms with Crippen LogP contribution in [0.1, 0.15) is 49.1 Å². The summed E-state index contributed by atoms with van der Waals surface area (Å²) in [5.41, 5.74) is 1.95. The molecule has 2 fully saturated rings. The highest BCUT2D eigenvalue weighted by molar-refractivity contribution is 5.98. The van der Waals surface area contributed by atoms with E-state index in [0.717, 1.165) is 31.2 Å². The van der Waals surface area contributed by atoms with E-state index in [4.69, 9.17) is 9.47 Å². The zero-order valence-corrected chi connectivity index (χ0v) is 18.3. The van der Waals surface area contributed by atoms with Gasteiger partial charge in [-0.3, -0.25) is 4.79 Å². The highest BCUT2D eigenvalue weighted by Crippen LogP contribution is 2.37. The summed E-state index contributed by atoms with van der Waals surface area (Å²) in [5, 5.41) is 2.88. The fraction of sp³-hybridized carbons (Fsp3) is 0.400. The van der Waals surface area contributed by atoms with Crippen molar-refractivity contribution in [3.05, 3.63) is 59.2 Å². The van der Waals surface area contributed by atoms with Gasteiger partial charge in [-0.1, -0.05) is 18.2 Å². The van der Waals surface area contributed by atoms with Crippen molar-refractivity contribution in [2.24, 2.45) is 0 Å². The van der Waals surface area contributed by atoms with E-state index in [1.807, 2.05) is 18.2 Å². The molecular formula is C25H26F3NO4. The van der Waals surface area contributed by atoms with Crippen molar-refractivity contribution in [1.29, 1.82) is 0 Å². The molecule has 1 N–H and O–H groups in total. The summed E-state index contributed by atoms with van der Waals surface area (Å²) >= 11 is 0. The van der Waals surface area contributed by atoms with Crippen LogP contribution in [0.2, 0.25) is 0 Å². The molecule has 1 aliphatic heterocycles. The monoisotopic (exact) mass is 461 g/mol. The van der Waals surface area contributed by atoms with Gasteiger partial charge in [0.1, 0.15) is 5.75 Å². The average Bonchev–Trinajstić information content (AvgIpc) is 3.27. The molecule has 1 amide bonds. The van der Waals surface area contributed by atoms with Gasteiger partial charge in [-0.2, -0.15) is 0 Å². The predicted molar refractivity (Wildman–Crippen MR) is 117 cm³/mol. The predicted octanol–water partition coefficient (Wildman–Crippen LogP) is 5.60. The highest BCUT2D eigenvalue weighted by Gasteiger charge is 2.31. The van der Waals surface area contributed by atoms with Crippen LogP contribution in [0.5, 0.6) is 17.2 Å². The van der Waals surface area contributed by atoms with E-state index in [1.54, 1.807) is 19.3 Å². The molecule has 8 heteroatoms. The molecule has 1 atom stereocenters. The Labute approximate surface area is 190 Å². The molecule has 4 rings (SSSR count). The zero-order chi connectivity index (χ0) is 23.4. The molecule has 0 radical (unpaired) electrons. The third-order valence-electron chi connectivity index (χ3n) is 5.95. The SMILES string of the molecule is COc1ccc([C@H]2CNC(=O)C(=Cc3cccc(OC(F)(F)F)c3)C2)cc1OC1CCCC1. The maximum absolute atomic E-state index is 12.5. The van der Waals surface area contributed by atoms with E-state index in [-0.39, 0.29) is 23.7 Å². The molecule has 1 saturated heterocycles. The Bertz CT molecular complexity index is 1030. The number of carbonyl (C=O) groups is 1. The number of methoxy groups -OCH3 is 1. The summed E-state index contributed by atoms with van der Waals surface area (Å²) < 4.78 is 53.2.